The van der Waals surface area contributed by atoms with Crippen LogP contribution in [0.5, 0.6) is 0 Å². The predicted molar refractivity (Wildman–Crippen MR) is 115 cm³/mol. The Bertz CT molecular complexity index is 1040. The Morgan fingerprint density at radius 3 is 2.77 bits per heavy atom. The van der Waals surface area contributed by atoms with Crippen molar-refractivity contribution >= 4 is 34.7 Å². The summed E-state index contributed by atoms with van der Waals surface area (Å²) in [4.78, 5) is 22.0. The van der Waals surface area contributed by atoms with Crippen LogP contribution in [0, 0.1) is 17.6 Å². The number of aliphatic imine (C=N–C) groups is 1. The smallest absolute Gasteiger partial charge is 0.338 e. The van der Waals surface area contributed by atoms with Gasteiger partial charge in [0.05, 0.1) is 17.2 Å². The molecule has 0 bridgehead atoms. The number of hydrogen-bond acceptors (Lipinski definition) is 7. The normalized spacial score (nSPS) is 19.7. The van der Waals surface area contributed by atoms with E-state index in [9.17, 15) is 13.6 Å². The number of nitrogens with zero attached hydrogens (tertiary/aromatic N) is 2. The molecule has 2 aliphatic rings. The third-order valence-electron chi connectivity index (χ3n) is 5.31. The highest BCUT2D eigenvalue weighted by Gasteiger charge is 2.37. The van der Waals surface area contributed by atoms with Crippen LogP contribution in [0.3, 0.4) is 0 Å². The first kappa shape index (κ1) is 21.9. The number of allylic oxidation sites excluding steroid dienone is 1. The molecule has 1 fully saturated rings. The van der Waals surface area contributed by atoms with Crippen molar-refractivity contribution in [2.75, 3.05) is 19.7 Å². The van der Waals surface area contributed by atoms with Gasteiger partial charge in [0.2, 0.25) is 0 Å². The minimum Gasteiger partial charge on any atom is -0.463 e. The van der Waals surface area contributed by atoms with Gasteiger partial charge in [-0.25, -0.2) is 18.6 Å². The lowest BCUT2D eigenvalue weighted by Crippen LogP contribution is -2.40. The molecule has 0 unspecified atom stereocenters. The van der Waals surface area contributed by atoms with Crippen LogP contribution in [0.4, 0.5) is 8.78 Å². The van der Waals surface area contributed by atoms with Crippen molar-refractivity contribution in [3.8, 4) is 0 Å². The summed E-state index contributed by atoms with van der Waals surface area (Å²) in [5, 5.41) is 8.64. The third kappa shape index (κ3) is 4.35. The number of carbonyl (C=O) groups is 1. The van der Waals surface area contributed by atoms with Gasteiger partial charge >= 0.3 is 5.97 Å². The molecule has 2 aromatic rings. The number of piperidine rings is 1. The zero-order valence-electron chi connectivity index (χ0n) is 16.8. The highest BCUT2D eigenvalue weighted by molar-refractivity contribution is 7.11. The van der Waals surface area contributed by atoms with Crippen molar-refractivity contribution < 1.29 is 18.3 Å². The van der Waals surface area contributed by atoms with Crippen LogP contribution in [-0.2, 0) is 9.53 Å². The van der Waals surface area contributed by atoms with E-state index in [1.165, 1.54) is 17.4 Å². The van der Waals surface area contributed by atoms with Crippen LogP contribution in [0.15, 0.2) is 40.0 Å². The van der Waals surface area contributed by atoms with Crippen molar-refractivity contribution in [1.82, 2.24) is 15.6 Å². The van der Waals surface area contributed by atoms with Crippen molar-refractivity contribution in [3.05, 3.63) is 62.2 Å². The van der Waals surface area contributed by atoms with Gasteiger partial charge in [-0.15, -0.1) is 11.3 Å². The maximum atomic E-state index is 14.3. The zero-order valence-corrected chi connectivity index (χ0v) is 18.3. The molecule has 0 aliphatic carbocycles. The molecule has 6 nitrogen and oxygen atoms in total. The van der Waals surface area contributed by atoms with Gasteiger partial charge in [0.15, 0.2) is 22.5 Å². The van der Waals surface area contributed by atoms with Crippen molar-refractivity contribution in [2.24, 2.45) is 10.9 Å². The summed E-state index contributed by atoms with van der Waals surface area (Å²) in [5.41, 5.74) is 1.14. The Labute approximate surface area is 187 Å². The summed E-state index contributed by atoms with van der Waals surface area (Å²) in [5.74, 6) is -2.29. The van der Waals surface area contributed by atoms with Gasteiger partial charge in [-0.1, -0.05) is 17.7 Å². The number of esters is 1. The highest BCUT2D eigenvalue weighted by Crippen LogP contribution is 2.40. The molecule has 4 rings (SSSR count). The van der Waals surface area contributed by atoms with E-state index < -0.39 is 28.7 Å². The number of aromatic nitrogens is 1. The molecule has 2 N–H and O–H groups in total. The van der Waals surface area contributed by atoms with E-state index in [4.69, 9.17) is 16.3 Å². The second-order valence-corrected chi connectivity index (χ2v) is 8.45. The topological polar surface area (TPSA) is 75.6 Å². The van der Waals surface area contributed by atoms with Crippen LogP contribution in [-0.4, -0.2) is 36.5 Å². The van der Waals surface area contributed by atoms with Gasteiger partial charge in [-0.3, -0.25) is 4.99 Å². The molecule has 3 heterocycles. The number of nitrogens with one attached hydrogen (secondary N) is 2. The fourth-order valence-electron chi connectivity index (χ4n) is 3.86. The minimum absolute atomic E-state index is 0.0395. The van der Waals surface area contributed by atoms with Crippen LogP contribution >= 0.6 is 22.9 Å². The highest BCUT2D eigenvalue weighted by atomic mass is 35.5. The van der Waals surface area contributed by atoms with Gasteiger partial charge in [-0.05, 0) is 38.9 Å². The molecule has 1 aromatic carbocycles. The molecule has 164 valence electrons. The quantitative estimate of drug-likeness (QED) is 0.515. The van der Waals surface area contributed by atoms with E-state index in [0.717, 1.165) is 32.0 Å². The summed E-state index contributed by atoms with van der Waals surface area (Å²) >= 11 is 7.57. The molecule has 1 atom stereocenters. The van der Waals surface area contributed by atoms with Crippen molar-refractivity contribution in [3.63, 3.8) is 0 Å². The molecule has 0 spiro atoms. The number of amidine groups is 1. The number of hydrogen-bond donors (Lipinski definition) is 2. The van der Waals surface area contributed by atoms with Crippen LogP contribution in [0.1, 0.15) is 36.4 Å². The van der Waals surface area contributed by atoms with Crippen molar-refractivity contribution in [2.45, 2.75) is 25.8 Å². The lowest BCUT2D eigenvalue weighted by Gasteiger charge is -2.33. The number of ether oxygens (including phenoxy) is 1. The number of benzene rings is 1. The summed E-state index contributed by atoms with van der Waals surface area (Å²) in [6.07, 6.45) is 3.25. The van der Waals surface area contributed by atoms with E-state index in [1.807, 2.05) is 5.38 Å². The standard InChI is InChI=1S/C21H21ClF2N4O2S/c1-2-30-21(29)14-17(11-5-7-25-8-6-11)27-19(20-26-9-10-31-20)28-18(14)12-3-4-13(23)16(24)15(12)22/h3-4,9-11,18,25H,2,5-8H2,1H3,(H,27,28)/t18-/m0/s1. The van der Waals surface area contributed by atoms with E-state index >= 15 is 0 Å². The van der Waals surface area contributed by atoms with E-state index in [1.54, 1.807) is 13.1 Å². The minimum atomic E-state index is -1.17. The first-order chi connectivity index (χ1) is 15.0. The third-order valence-corrected chi connectivity index (χ3v) is 6.48. The maximum absolute atomic E-state index is 14.3. The number of rotatable bonds is 5. The molecule has 1 aromatic heterocycles. The van der Waals surface area contributed by atoms with Gasteiger partial charge in [0.25, 0.3) is 0 Å². The molecule has 0 amide bonds. The van der Waals surface area contributed by atoms with E-state index in [0.29, 0.717) is 16.5 Å². The van der Waals surface area contributed by atoms with Crippen LogP contribution in [0.25, 0.3) is 0 Å². The fourth-order valence-corrected chi connectivity index (χ4v) is 4.70. The fraction of sp³-hybridized carbons (Fsp3) is 0.381. The van der Waals surface area contributed by atoms with Crippen LogP contribution in [0.2, 0.25) is 5.02 Å². The van der Waals surface area contributed by atoms with Crippen molar-refractivity contribution in [1.29, 1.82) is 0 Å². The Morgan fingerprint density at radius 2 is 2.10 bits per heavy atom. The number of thiazole rings is 1. The summed E-state index contributed by atoms with van der Waals surface area (Å²) in [6.45, 7) is 3.48. The largest absolute Gasteiger partial charge is 0.463 e. The van der Waals surface area contributed by atoms with Gasteiger partial charge in [-0.2, -0.15) is 0 Å². The molecule has 31 heavy (non-hydrogen) atoms. The molecule has 10 heteroatoms. The number of carbonyl (C=O) groups excluding carboxylic acids is 1. The SMILES string of the molecule is CCOC(=O)C1=C(C2CCNCC2)NC(c2nccs2)=N[C@H]1c1ccc(F)c(F)c1Cl. The van der Waals surface area contributed by atoms with E-state index in [-0.39, 0.29) is 23.7 Å². The average molecular weight is 467 g/mol. The Kier molecular flexibility index (Phi) is 6.64. The monoisotopic (exact) mass is 466 g/mol. The first-order valence-corrected chi connectivity index (χ1v) is 11.3. The Balaban J connectivity index is 1.90. The summed E-state index contributed by atoms with van der Waals surface area (Å²) in [6, 6.07) is 1.40. The van der Waals surface area contributed by atoms with Gasteiger partial charge in [0.1, 0.15) is 6.04 Å². The Morgan fingerprint density at radius 1 is 1.32 bits per heavy atom. The molecule has 2 aliphatic heterocycles. The molecule has 1 saturated heterocycles. The zero-order chi connectivity index (χ0) is 22.0. The second-order valence-electron chi connectivity index (χ2n) is 7.18. The average Bonchev–Trinajstić information content (AvgIpc) is 3.32. The van der Waals surface area contributed by atoms with Gasteiger partial charge < -0.3 is 15.4 Å². The number of halogens is 3. The molecule has 0 saturated carbocycles. The molecule has 0 radical (unpaired) electrons. The maximum Gasteiger partial charge on any atom is 0.338 e. The second kappa shape index (κ2) is 9.42. The van der Waals surface area contributed by atoms with Crippen LogP contribution < -0.4 is 10.6 Å². The van der Waals surface area contributed by atoms with Gasteiger partial charge in [0, 0.05) is 28.8 Å². The molecular weight excluding hydrogens is 446 g/mol. The summed E-state index contributed by atoms with van der Waals surface area (Å²) < 4.78 is 33.4. The lowest BCUT2D eigenvalue weighted by molar-refractivity contribution is -0.139. The van der Waals surface area contributed by atoms with E-state index in [2.05, 4.69) is 20.6 Å². The first-order valence-electron chi connectivity index (χ1n) is 10.0. The predicted octanol–water partition coefficient (Wildman–Crippen LogP) is 3.98. The Hall–Kier alpha value is -2.36. The summed E-state index contributed by atoms with van der Waals surface area (Å²) in [7, 11) is 0. The lowest BCUT2D eigenvalue weighted by atomic mass is 9.86. The molecular formula is C21H21ClF2N4O2S.